The molecule has 1 atom stereocenters. The number of aromatic nitrogens is 1. The van der Waals surface area contributed by atoms with E-state index < -0.39 is 0 Å². The van der Waals surface area contributed by atoms with Gasteiger partial charge in [0.05, 0.1) is 6.04 Å². The fourth-order valence-corrected chi connectivity index (χ4v) is 2.47. The van der Waals surface area contributed by atoms with Crippen LogP contribution in [0.4, 0.5) is 5.82 Å². The van der Waals surface area contributed by atoms with E-state index in [0.29, 0.717) is 12.5 Å². The molecule has 4 nitrogen and oxygen atoms in total. The van der Waals surface area contributed by atoms with Crippen LogP contribution in [0.25, 0.3) is 0 Å². The van der Waals surface area contributed by atoms with E-state index in [1.165, 1.54) is 12.8 Å². The van der Waals surface area contributed by atoms with E-state index in [4.69, 9.17) is 0 Å². The first-order chi connectivity index (χ1) is 8.22. The maximum absolute atomic E-state index is 11.8. The third-order valence-electron chi connectivity index (χ3n) is 3.23. The second kappa shape index (κ2) is 4.29. The van der Waals surface area contributed by atoms with E-state index in [1.807, 2.05) is 17.0 Å². The van der Waals surface area contributed by atoms with Crippen molar-refractivity contribution in [3.8, 4) is 0 Å². The molecule has 2 fully saturated rings. The molecule has 1 saturated carbocycles. The minimum absolute atomic E-state index is 0.205. The lowest BCUT2D eigenvalue weighted by molar-refractivity contribution is -0.128. The van der Waals surface area contributed by atoms with Crippen molar-refractivity contribution < 1.29 is 4.79 Å². The molecule has 1 N–H and O–H groups in total. The van der Waals surface area contributed by atoms with Gasteiger partial charge in [0.25, 0.3) is 0 Å². The maximum atomic E-state index is 11.8. The quantitative estimate of drug-likeness (QED) is 0.928. The minimum Gasteiger partial charge on any atom is -0.365 e. The van der Waals surface area contributed by atoms with Crippen molar-refractivity contribution >= 4 is 27.7 Å². The number of hydrogen-bond acceptors (Lipinski definition) is 3. The number of amides is 1. The molecule has 0 bridgehead atoms. The monoisotopic (exact) mass is 295 g/mol. The highest BCUT2D eigenvalue weighted by Crippen LogP contribution is 2.31. The van der Waals surface area contributed by atoms with Crippen LogP contribution in [-0.4, -0.2) is 34.4 Å². The molecule has 2 heterocycles. The second-order valence-electron chi connectivity index (χ2n) is 4.68. The van der Waals surface area contributed by atoms with Gasteiger partial charge in [-0.25, -0.2) is 4.98 Å². The number of likely N-dealkylation sites (tertiary alicyclic amines) is 1. The predicted octanol–water partition coefficient (Wildman–Crippen LogP) is 2.02. The summed E-state index contributed by atoms with van der Waals surface area (Å²) in [5.41, 5.74) is 0. The van der Waals surface area contributed by atoms with Crippen LogP contribution in [-0.2, 0) is 4.79 Å². The fraction of sp³-hybridized carbons (Fsp3) is 0.500. The highest BCUT2D eigenvalue weighted by molar-refractivity contribution is 9.10. The molecule has 1 saturated heterocycles. The number of hydrogen-bond donors (Lipinski definition) is 1. The van der Waals surface area contributed by atoms with Gasteiger partial charge in [0, 0.05) is 29.7 Å². The van der Waals surface area contributed by atoms with Crippen LogP contribution >= 0.6 is 15.9 Å². The molecule has 5 heteroatoms. The third kappa shape index (κ3) is 2.44. The average molecular weight is 296 g/mol. The van der Waals surface area contributed by atoms with Crippen molar-refractivity contribution in [2.75, 3.05) is 11.9 Å². The van der Waals surface area contributed by atoms with Gasteiger partial charge in [0.2, 0.25) is 5.91 Å². The van der Waals surface area contributed by atoms with Gasteiger partial charge >= 0.3 is 0 Å². The topological polar surface area (TPSA) is 45.2 Å². The molecule has 1 aromatic rings. The molecule has 1 amide bonds. The smallest absolute Gasteiger partial charge is 0.225 e. The van der Waals surface area contributed by atoms with Crippen LogP contribution in [0.5, 0.6) is 0 Å². The van der Waals surface area contributed by atoms with Crippen LogP contribution in [0, 0.1) is 0 Å². The number of anilines is 1. The number of carbonyl (C=O) groups excluding carboxylic acids is 1. The zero-order valence-corrected chi connectivity index (χ0v) is 11.0. The summed E-state index contributed by atoms with van der Waals surface area (Å²) < 4.78 is 0.963. The van der Waals surface area contributed by atoms with Gasteiger partial charge in [-0.1, -0.05) is 0 Å². The minimum atomic E-state index is 0.205. The van der Waals surface area contributed by atoms with Gasteiger partial charge in [0.15, 0.2) is 0 Å². The lowest BCUT2D eigenvalue weighted by atomic mass is 10.2. The molecule has 1 aliphatic carbocycles. The Balaban J connectivity index is 1.62. The normalized spacial score (nSPS) is 24.2. The summed E-state index contributed by atoms with van der Waals surface area (Å²) in [5, 5.41) is 3.32. The summed E-state index contributed by atoms with van der Waals surface area (Å²) in [6.07, 6.45) is 4.70. The van der Waals surface area contributed by atoms with Gasteiger partial charge in [-0.2, -0.15) is 0 Å². The van der Waals surface area contributed by atoms with Crippen LogP contribution in [0.15, 0.2) is 22.8 Å². The average Bonchev–Trinajstić information content (AvgIpc) is 3.08. The SMILES string of the molecule is O=C1CC(Nc2ccc(Br)cn2)CN1C1CC1. The Morgan fingerprint density at radius 2 is 2.24 bits per heavy atom. The van der Waals surface area contributed by atoms with E-state index >= 15 is 0 Å². The molecule has 1 aliphatic heterocycles. The van der Waals surface area contributed by atoms with E-state index in [0.717, 1.165) is 16.8 Å². The molecule has 1 aromatic heterocycles. The zero-order chi connectivity index (χ0) is 11.8. The van der Waals surface area contributed by atoms with E-state index in [1.54, 1.807) is 6.20 Å². The molecule has 2 aliphatic rings. The molecule has 3 rings (SSSR count). The Morgan fingerprint density at radius 3 is 2.88 bits per heavy atom. The number of carbonyl (C=O) groups is 1. The molecule has 90 valence electrons. The van der Waals surface area contributed by atoms with Crippen molar-refractivity contribution in [2.24, 2.45) is 0 Å². The molecule has 1 unspecified atom stereocenters. The van der Waals surface area contributed by atoms with E-state index in [9.17, 15) is 4.79 Å². The molecule has 0 radical (unpaired) electrons. The molecule has 0 aromatic carbocycles. The van der Waals surface area contributed by atoms with Crippen LogP contribution in [0.1, 0.15) is 19.3 Å². The lowest BCUT2D eigenvalue weighted by Gasteiger charge is -2.16. The summed E-state index contributed by atoms with van der Waals surface area (Å²) >= 11 is 3.35. The number of nitrogens with zero attached hydrogens (tertiary/aromatic N) is 2. The van der Waals surface area contributed by atoms with Gasteiger partial charge in [-0.05, 0) is 40.9 Å². The Morgan fingerprint density at radius 1 is 1.41 bits per heavy atom. The number of pyridine rings is 1. The zero-order valence-electron chi connectivity index (χ0n) is 9.40. The van der Waals surface area contributed by atoms with Crippen molar-refractivity contribution in [3.63, 3.8) is 0 Å². The van der Waals surface area contributed by atoms with Gasteiger partial charge in [-0.3, -0.25) is 4.79 Å². The Labute approximate surface area is 109 Å². The highest BCUT2D eigenvalue weighted by Gasteiger charge is 2.39. The summed E-state index contributed by atoms with van der Waals surface area (Å²) in [7, 11) is 0. The largest absolute Gasteiger partial charge is 0.365 e. The van der Waals surface area contributed by atoms with Crippen LogP contribution in [0.2, 0.25) is 0 Å². The Hall–Kier alpha value is -1.10. The number of halogens is 1. The maximum Gasteiger partial charge on any atom is 0.225 e. The Kier molecular flexibility index (Phi) is 2.78. The fourth-order valence-electron chi connectivity index (χ4n) is 2.24. The first-order valence-corrected chi connectivity index (χ1v) is 6.69. The van der Waals surface area contributed by atoms with Gasteiger partial charge in [0.1, 0.15) is 5.82 Å². The number of nitrogens with one attached hydrogen (secondary N) is 1. The summed E-state index contributed by atoms with van der Waals surface area (Å²) in [5.74, 6) is 1.12. The summed E-state index contributed by atoms with van der Waals surface area (Å²) in [6, 6.07) is 4.60. The van der Waals surface area contributed by atoms with Gasteiger partial charge < -0.3 is 10.2 Å². The Bertz CT molecular complexity index is 430. The van der Waals surface area contributed by atoms with Crippen LogP contribution in [0.3, 0.4) is 0 Å². The van der Waals surface area contributed by atoms with Crippen molar-refractivity contribution in [3.05, 3.63) is 22.8 Å². The van der Waals surface area contributed by atoms with Gasteiger partial charge in [-0.15, -0.1) is 0 Å². The van der Waals surface area contributed by atoms with Crippen molar-refractivity contribution in [1.29, 1.82) is 0 Å². The number of rotatable bonds is 3. The van der Waals surface area contributed by atoms with Crippen LogP contribution < -0.4 is 5.32 Å². The highest BCUT2D eigenvalue weighted by atomic mass is 79.9. The standard InChI is InChI=1S/C12H14BrN3O/c13-8-1-4-11(14-6-8)15-9-5-12(17)16(7-9)10-2-3-10/h1,4,6,9-10H,2-3,5,7H2,(H,14,15). The first kappa shape index (κ1) is 11.0. The molecular weight excluding hydrogens is 282 g/mol. The first-order valence-electron chi connectivity index (χ1n) is 5.90. The van der Waals surface area contributed by atoms with Crippen molar-refractivity contribution in [1.82, 2.24) is 9.88 Å². The summed E-state index contributed by atoms with van der Waals surface area (Å²) in [6.45, 7) is 0.821. The van der Waals surface area contributed by atoms with E-state index in [2.05, 4.69) is 26.2 Å². The summed E-state index contributed by atoms with van der Waals surface area (Å²) in [4.78, 5) is 18.0. The van der Waals surface area contributed by atoms with Crippen molar-refractivity contribution in [2.45, 2.75) is 31.3 Å². The second-order valence-corrected chi connectivity index (χ2v) is 5.60. The third-order valence-corrected chi connectivity index (χ3v) is 3.69. The molecule has 0 spiro atoms. The predicted molar refractivity (Wildman–Crippen MR) is 68.7 cm³/mol. The molecular formula is C12H14BrN3O. The lowest BCUT2D eigenvalue weighted by Crippen LogP contribution is -2.29. The van der Waals surface area contributed by atoms with E-state index in [-0.39, 0.29) is 11.9 Å². The molecule has 17 heavy (non-hydrogen) atoms.